The van der Waals surface area contributed by atoms with Gasteiger partial charge in [0.15, 0.2) is 0 Å². The van der Waals surface area contributed by atoms with Crippen LogP contribution in [0.2, 0.25) is 0 Å². The molecule has 1 aliphatic heterocycles. The Morgan fingerprint density at radius 2 is 1.77 bits per heavy atom. The first kappa shape index (κ1) is 14.9. The van der Waals surface area contributed by atoms with Gasteiger partial charge in [-0.3, -0.25) is 0 Å². The van der Waals surface area contributed by atoms with Crippen LogP contribution in [0.3, 0.4) is 0 Å². The third-order valence-electron chi connectivity index (χ3n) is 4.04. The zero-order valence-corrected chi connectivity index (χ0v) is 13.0. The summed E-state index contributed by atoms with van der Waals surface area (Å²) >= 11 is 0. The van der Waals surface area contributed by atoms with Gasteiger partial charge in [0.1, 0.15) is 5.75 Å². The molecule has 116 valence electrons. The van der Waals surface area contributed by atoms with E-state index in [1.807, 2.05) is 30.3 Å². The molecular weight excluding hydrogens is 272 g/mol. The van der Waals surface area contributed by atoms with Crippen molar-refractivity contribution in [3.63, 3.8) is 0 Å². The summed E-state index contributed by atoms with van der Waals surface area (Å²) in [5.74, 6) is 0.965. The number of nitrogens with zero attached hydrogens (tertiary/aromatic N) is 1. The quantitative estimate of drug-likeness (QED) is 0.826. The monoisotopic (exact) mass is 296 g/mol. The van der Waals surface area contributed by atoms with Gasteiger partial charge in [-0.15, -0.1) is 0 Å². The van der Waals surface area contributed by atoms with E-state index in [-0.39, 0.29) is 0 Å². The Bertz CT molecular complexity index is 571. The minimum atomic E-state index is 0.789. The van der Waals surface area contributed by atoms with Crippen molar-refractivity contribution in [2.45, 2.75) is 19.4 Å². The molecule has 22 heavy (non-hydrogen) atoms. The van der Waals surface area contributed by atoms with Crippen LogP contribution in [0.25, 0.3) is 0 Å². The standard InChI is InChI=1S/C19H24N2O/c1-2-9-18(10-3-1)22-15-7-6-13-21-14-12-20-16-17-8-4-5-11-19(17)21/h1-5,8-11,20H,6-7,12-16H2. The Labute approximate surface area is 132 Å². The lowest BCUT2D eigenvalue weighted by Gasteiger charge is -2.24. The summed E-state index contributed by atoms with van der Waals surface area (Å²) in [6.45, 7) is 4.99. The number of hydrogen-bond acceptors (Lipinski definition) is 3. The SMILES string of the molecule is c1ccc(OCCCCN2CCNCc3ccccc32)cc1. The second-order valence-corrected chi connectivity index (χ2v) is 5.66. The van der Waals surface area contributed by atoms with Crippen LogP contribution in [0.4, 0.5) is 5.69 Å². The number of hydrogen-bond donors (Lipinski definition) is 1. The van der Waals surface area contributed by atoms with Gasteiger partial charge in [0.05, 0.1) is 6.61 Å². The smallest absolute Gasteiger partial charge is 0.119 e. The molecule has 2 aromatic carbocycles. The first-order valence-electron chi connectivity index (χ1n) is 8.15. The van der Waals surface area contributed by atoms with Gasteiger partial charge in [-0.25, -0.2) is 0 Å². The number of fused-ring (bicyclic) bond motifs is 1. The Morgan fingerprint density at radius 1 is 0.955 bits per heavy atom. The molecule has 0 bridgehead atoms. The molecule has 2 aromatic rings. The number of nitrogens with one attached hydrogen (secondary N) is 1. The van der Waals surface area contributed by atoms with E-state index >= 15 is 0 Å². The number of ether oxygens (including phenoxy) is 1. The highest BCUT2D eigenvalue weighted by molar-refractivity contribution is 5.54. The molecule has 0 aromatic heterocycles. The molecular formula is C19H24N2O. The summed E-state index contributed by atoms with van der Waals surface area (Å²) in [5, 5.41) is 3.49. The molecule has 1 heterocycles. The largest absolute Gasteiger partial charge is 0.494 e. The maximum atomic E-state index is 5.76. The van der Waals surface area contributed by atoms with Crippen molar-refractivity contribution in [3.8, 4) is 5.75 Å². The lowest BCUT2D eigenvalue weighted by molar-refractivity contribution is 0.307. The van der Waals surface area contributed by atoms with Gasteiger partial charge in [0.2, 0.25) is 0 Å². The summed E-state index contributed by atoms with van der Waals surface area (Å²) in [6.07, 6.45) is 2.24. The predicted molar refractivity (Wildman–Crippen MR) is 91.5 cm³/mol. The topological polar surface area (TPSA) is 24.5 Å². The summed E-state index contributed by atoms with van der Waals surface area (Å²) in [5.41, 5.74) is 2.79. The van der Waals surface area contributed by atoms with E-state index in [1.54, 1.807) is 0 Å². The molecule has 3 nitrogen and oxygen atoms in total. The molecule has 1 N–H and O–H groups in total. The van der Waals surface area contributed by atoms with Gasteiger partial charge in [0.25, 0.3) is 0 Å². The summed E-state index contributed by atoms with van der Waals surface area (Å²) < 4.78 is 5.76. The third-order valence-corrected chi connectivity index (χ3v) is 4.04. The predicted octanol–water partition coefficient (Wildman–Crippen LogP) is 3.46. The Kier molecular flexibility index (Phi) is 5.32. The van der Waals surface area contributed by atoms with Crippen molar-refractivity contribution in [3.05, 3.63) is 60.2 Å². The van der Waals surface area contributed by atoms with E-state index in [9.17, 15) is 0 Å². The van der Waals surface area contributed by atoms with Crippen molar-refractivity contribution in [2.75, 3.05) is 31.1 Å². The zero-order valence-electron chi connectivity index (χ0n) is 13.0. The molecule has 3 rings (SSSR count). The summed E-state index contributed by atoms with van der Waals surface area (Å²) in [6, 6.07) is 18.8. The molecule has 0 saturated heterocycles. The number of para-hydroxylation sites is 2. The van der Waals surface area contributed by atoms with Crippen LogP contribution in [-0.4, -0.2) is 26.2 Å². The van der Waals surface area contributed by atoms with Crippen LogP contribution in [0.15, 0.2) is 54.6 Å². The van der Waals surface area contributed by atoms with Gasteiger partial charge in [-0.1, -0.05) is 36.4 Å². The summed E-state index contributed by atoms with van der Waals surface area (Å²) in [4.78, 5) is 2.50. The van der Waals surface area contributed by atoms with Crippen molar-refractivity contribution in [2.24, 2.45) is 0 Å². The molecule has 0 radical (unpaired) electrons. The van der Waals surface area contributed by atoms with E-state index < -0.39 is 0 Å². The Balaban J connectivity index is 1.45. The fourth-order valence-corrected chi connectivity index (χ4v) is 2.87. The average Bonchev–Trinajstić information content (AvgIpc) is 2.78. The third kappa shape index (κ3) is 4.01. The van der Waals surface area contributed by atoms with Gasteiger partial charge in [-0.2, -0.15) is 0 Å². The van der Waals surface area contributed by atoms with E-state index in [0.717, 1.165) is 51.4 Å². The zero-order chi connectivity index (χ0) is 15.0. The van der Waals surface area contributed by atoms with E-state index in [0.29, 0.717) is 0 Å². The van der Waals surface area contributed by atoms with Crippen molar-refractivity contribution >= 4 is 5.69 Å². The highest BCUT2D eigenvalue weighted by Crippen LogP contribution is 2.22. The molecule has 0 spiro atoms. The minimum Gasteiger partial charge on any atom is -0.494 e. The van der Waals surface area contributed by atoms with E-state index in [2.05, 4.69) is 34.5 Å². The van der Waals surface area contributed by atoms with E-state index in [1.165, 1.54) is 11.3 Å². The van der Waals surface area contributed by atoms with Crippen LogP contribution in [0.1, 0.15) is 18.4 Å². The maximum absolute atomic E-state index is 5.76. The maximum Gasteiger partial charge on any atom is 0.119 e. The Morgan fingerprint density at radius 3 is 2.68 bits per heavy atom. The fourth-order valence-electron chi connectivity index (χ4n) is 2.87. The first-order chi connectivity index (χ1) is 10.9. The van der Waals surface area contributed by atoms with Crippen molar-refractivity contribution < 1.29 is 4.74 Å². The number of unbranched alkanes of at least 4 members (excludes halogenated alkanes) is 1. The molecule has 0 atom stereocenters. The second kappa shape index (κ2) is 7.85. The van der Waals surface area contributed by atoms with Crippen molar-refractivity contribution in [1.82, 2.24) is 5.32 Å². The van der Waals surface area contributed by atoms with Gasteiger partial charge in [-0.05, 0) is 36.6 Å². The molecule has 0 amide bonds. The van der Waals surface area contributed by atoms with Crippen molar-refractivity contribution in [1.29, 1.82) is 0 Å². The highest BCUT2D eigenvalue weighted by atomic mass is 16.5. The second-order valence-electron chi connectivity index (χ2n) is 5.66. The number of anilines is 1. The normalized spacial score (nSPS) is 14.3. The average molecular weight is 296 g/mol. The first-order valence-corrected chi connectivity index (χ1v) is 8.15. The van der Waals surface area contributed by atoms with Crippen LogP contribution in [0, 0.1) is 0 Å². The van der Waals surface area contributed by atoms with Crippen LogP contribution >= 0.6 is 0 Å². The lowest BCUT2D eigenvalue weighted by Crippen LogP contribution is -2.29. The molecule has 0 aliphatic carbocycles. The van der Waals surface area contributed by atoms with Gasteiger partial charge in [0, 0.05) is 31.9 Å². The highest BCUT2D eigenvalue weighted by Gasteiger charge is 2.13. The van der Waals surface area contributed by atoms with E-state index in [4.69, 9.17) is 4.74 Å². The van der Waals surface area contributed by atoms with Crippen LogP contribution in [-0.2, 0) is 6.54 Å². The molecule has 0 unspecified atom stereocenters. The number of benzene rings is 2. The lowest BCUT2D eigenvalue weighted by atomic mass is 10.1. The fraction of sp³-hybridized carbons (Fsp3) is 0.368. The molecule has 1 aliphatic rings. The van der Waals surface area contributed by atoms with Crippen LogP contribution in [0.5, 0.6) is 5.75 Å². The molecule has 0 saturated carbocycles. The van der Waals surface area contributed by atoms with Gasteiger partial charge >= 0.3 is 0 Å². The molecule has 0 fully saturated rings. The van der Waals surface area contributed by atoms with Gasteiger partial charge < -0.3 is 15.0 Å². The number of rotatable bonds is 6. The Hall–Kier alpha value is -2.00. The van der Waals surface area contributed by atoms with Crippen LogP contribution < -0.4 is 15.0 Å². The summed E-state index contributed by atoms with van der Waals surface area (Å²) in [7, 11) is 0. The molecule has 3 heteroatoms. The minimum absolute atomic E-state index is 0.789.